The first-order valence-electron chi connectivity index (χ1n) is 7.01. The summed E-state index contributed by atoms with van der Waals surface area (Å²) < 4.78 is 5.01. The van der Waals surface area contributed by atoms with E-state index in [1.807, 2.05) is 0 Å². The van der Waals surface area contributed by atoms with Crippen molar-refractivity contribution in [1.82, 2.24) is 9.88 Å². The summed E-state index contributed by atoms with van der Waals surface area (Å²) in [5.41, 5.74) is 6.50. The van der Waals surface area contributed by atoms with E-state index in [1.54, 1.807) is 13.0 Å². The first-order valence-corrected chi connectivity index (χ1v) is 7.01. The van der Waals surface area contributed by atoms with Crippen molar-refractivity contribution < 1.29 is 9.53 Å². The van der Waals surface area contributed by atoms with E-state index in [1.165, 1.54) is 6.20 Å². The number of ether oxygens (including phenoxy) is 1. The summed E-state index contributed by atoms with van der Waals surface area (Å²) in [6.45, 7) is 9.93. The highest BCUT2D eigenvalue weighted by atomic mass is 16.5. The molecular weight excluding hydrogens is 256 g/mol. The van der Waals surface area contributed by atoms with Crippen LogP contribution in [0.3, 0.4) is 0 Å². The summed E-state index contributed by atoms with van der Waals surface area (Å²) in [6.07, 6.45) is 1.53. The van der Waals surface area contributed by atoms with Crippen molar-refractivity contribution in [2.75, 3.05) is 43.8 Å². The van der Waals surface area contributed by atoms with Gasteiger partial charge in [-0.25, -0.2) is 9.78 Å². The van der Waals surface area contributed by atoms with Gasteiger partial charge in [-0.05, 0) is 26.1 Å². The molecule has 1 heterocycles. The monoisotopic (exact) mass is 280 g/mol. The molecule has 0 saturated heterocycles. The van der Waals surface area contributed by atoms with E-state index >= 15 is 0 Å². The zero-order chi connectivity index (χ0) is 15.0. The van der Waals surface area contributed by atoms with Crippen LogP contribution < -0.4 is 11.1 Å². The highest BCUT2D eigenvalue weighted by Crippen LogP contribution is 2.16. The lowest BCUT2D eigenvalue weighted by Crippen LogP contribution is -2.29. The third-order valence-electron chi connectivity index (χ3n) is 3.02. The van der Waals surface area contributed by atoms with Crippen LogP contribution in [0, 0.1) is 0 Å². The summed E-state index contributed by atoms with van der Waals surface area (Å²) in [5.74, 6) is 0.113. The number of nitrogen functional groups attached to an aromatic ring is 1. The SMILES string of the molecule is CCOC(=O)c1cc(N)cnc1NCCN(CC)CC. The van der Waals surface area contributed by atoms with E-state index in [-0.39, 0.29) is 0 Å². The van der Waals surface area contributed by atoms with Gasteiger partial charge in [0.25, 0.3) is 0 Å². The predicted molar refractivity (Wildman–Crippen MR) is 80.9 cm³/mol. The highest BCUT2D eigenvalue weighted by molar-refractivity contribution is 5.95. The van der Waals surface area contributed by atoms with Crippen molar-refractivity contribution in [2.24, 2.45) is 0 Å². The number of rotatable bonds is 8. The van der Waals surface area contributed by atoms with Gasteiger partial charge in [-0.1, -0.05) is 13.8 Å². The Kier molecular flexibility index (Phi) is 6.79. The Morgan fingerprint density at radius 2 is 2.10 bits per heavy atom. The lowest BCUT2D eigenvalue weighted by molar-refractivity contribution is 0.0527. The van der Waals surface area contributed by atoms with Crippen LogP contribution in [0.1, 0.15) is 31.1 Å². The van der Waals surface area contributed by atoms with Gasteiger partial charge in [0.1, 0.15) is 11.4 Å². The minimum absolute atomic E-state index is 0.326. The average Bonchev–Trinajstić information content (AvgIpc) is 2.45. The fourth-order valence-electron chi connectivity index (χ4n) is 1.86. The Morgan fingerprint density at radius 3 is 2.70 bits per heavy atom. The molecule has 20 heavy (non-hydrogen) atoms. The number of carbonyl (C=O) groups excluding carboxylic acids is 1. The minimum atomic E-state index is -0.405. The van der Waals surface area contributed by atoms with Crippen LogP contribution in [-0.2, 0) is 4.74 Å². The van der Waals surface area contributed by atoms with Gasteiger partial charge in [-0.3, -0.25) is 0 Å². The van der Waals surface area contributed by atoms with Crippen LogP contribution in [0.4, 0.5) is 11.5 Å². The molecule has 0 atom stereocenters. The Labute approximate surface area is 120 Å². The molecule has 0 spiro atoms. The summed E-state index contributed by atoms with van der Waals surface area (Å²) in [4.78, 5) is 18.3. The molecule has 6 nitrogen and oxygen atoms in total. The molecule has 6 heteroatoms. The number of nitrogens with two attached hydrogens (primary N) is 1. The van der Waals surface area contributed by atoms with Gasteiger partial charge in [0.05, 0.1) is 18.5 Å². The zero-order valence-electron chi connectivity index (χ0n) is 12.5. The molecule has 0 radical (unpaired) electrons. The molecule has 0 fully saturated rings. The third-order valence-corrected chi connectivity index (χ3v) is 3.02. The highest BCUT2D eigenvalue weighted by Gasteiger charge is 2.14. The van der Waals surface area contributed by atoms with Crippen LogP contribution >= 0.6 is 0 Å². The molecule has 0 aliphatic carbocycles. The summed E-state index contributed by atoms with van der Waals surface area (Å²) >= 11 is 0. The van der Waals surface area contributed by atoms with Gasteiger partial charge in [-0.2, -0.15) is 0 Å². The number of likely N-dealkylation sites (N-methyl/N-ethyl adjacent to an activating group) is 1. The molecule has 3 N–H and O–H groups in total. The van der Waals surface area contributed by atoms with E-state index in [0.29, 0.717) is 30.2 Å². The second-order valence-electron chi connectivity index (χ2n) is 4.34. The van der Waals surface area contributed by atoms with Crippen LogP contribution in [0.15, 0.2) is 12.3 Å². The number of nitrogens with zero attached hydrogens (tertiary/aromatic N) is 2. The van der Waals surface area contributed by atoms with Gasteiger partial charge in [0.2, 0.25) is 0 Å². The first kappa shape index (κ1) is 16.2. The summed E-state index contributed by atoms with van der Waals surface area (Å²) in [7, 11) is 0. The number of nitrogens with one attached hydrogen (secondary N) is 1. The predicted octanol–water partition coefficient (Wildman–Crippen LogP) is 1.59. The number of hydrogen-bond donors (Lipinski definition) is 2. The molecule has 0 aromatic carbocycles. The zero-order valence-corrected chi connectivity index (χ0v) is 12.5. The molecular formula is C14H24N4O2. The standard InChI is InChI=1S/C14H24N4O2/c1-4-18(5-2)8-7-16-13-12(14(19)20-6-3)9-11(15)10-17-13/h9-10H,4-8,15H2,1-3H3,(H,16,17). The second-order valence-corrected chi connectivity index (χ2v) is 4.34. The maximum Gasteiger partial charge on any atom is 0.341 e. The topological polar surface area (TPSA) is 80.5 Å². The number of pyridine rings is 1. The Balaban J connectivity index is 2.71. The normalized spacial score (nSPS) is 10.6. The number of hydrogen-bond acceptors (Lipinski definition) is 6. The van der Waals surface area contributed by atoms with E-state index in [4.69, 9.17) is 10.5 Å². The number of anilines is 2. The molecule has 1 rings (SSSR count). The van der Waals surface area contributed by atoms with E-state index < -0.39 is 5.97 Å². The molecule has 112 valence electrons. The van der Waals surface area contributed by atoms with Crippen molar-refractivity contribution in [2.45, 2.75) is 20.8 Å². The van der Waals surface area contributed by atoms with Gasteiger partial charge < -0.3 is 20.7 Å². The smallest absolute Gasteiger partial charge is 0.341 e. The van der Waals surface area contributed by atoms with Gasteiger partial charge >= 0.3 is 5.97 Å². The van der Waals surface area contributed by atoms with Crippen molar-refractivity contribution in [3.8, 4) is 0 Å². The summed E-state index contributed by atoms with van der Waals surface area (Å²) in [5, 5.41) is 3.17. The van der Waals surface area contributed by atoms with Gasteiger partial charge in [0.15, 0.2) is 0 Å². The first-order chi connectivity index (χ1) is 9.62. The molecule has 0 aliphatic rings. The fourth-order valence-corrected chi connectivity index (χ4v) is 1.86. The Morgan fingerprint density at radius 1 is 1.40 bits per heavy atom. The molecule has 0 aliphatic heterocycles. The quantitative estimate of drug-likeness (QED) is 0.704. The van der Waals surface area contributed by atoms with Crippen LogP contribution in [0.5, 0.6) is 0 Å². The van der Waals surface area contributed by atoms with Gasteiger partial charge in [-0.15, -0.1) is 0 Å². The second kappa shape index (κ2) is 8.37. The van der Waals surface area contributed by atoms with Crippen molar-refractivity contribution in [3.63, 3.8) is 0 Å². The number of aromatic nitrogens is 1. The molecule has 1 aromatic heterocycles. The maximum absolute atomic E-state index is 11.9. The van der Waals surface area contributed by atoms with E-state index in [2.05, 4.69) is 29.0 Å². The Hall–Kier alpha value is -1.82. The molecule has 0 amide bonds. The number of carbonyl (C=O) groups is 1. The molecule has 0 unspecified atom stereocenters. The summed E-state index contributed by atoms with van der Waals surface area (Å²) in [6, 6.07) is 1.59. The molecule has 0 saturated carbocycles. The fraction of sp³-hybridized carbons (Fsp3) is 0.571. The Bertz CT molecular complexity index is 433. The minimum Gasteiger partial charge on any atom is -0.462 e. The average molecular weight is 280 g/mol. The molecule has 1 aromatic rings. The van der Waals surface area contributed by atoms with Crippen molar-refractivity contribution in [3.05, 3.63) is 17.8 Å². The van der Waals surface area contributed by atoms with Crippen LogP contribution in [0.2, 0.25) is 0 Å². The van der Waals surface area contributed by atoms with Crippen molar-refractivity contribution >= 4 is 17.5 Å². The van der Waals surface area contributed by atoms with E-state index in [0.717, 1.165) is 19.6 Å². The lowest BCUT2D eigenvalue weighted by Gasteiger charge is -2.18. The lowest BCUT2D eigenvalue weighted by atomic mass is 10.2. The third kappa shape index (κ3) is 4.70. The van der Waals surface area contributed by atoms with Crippen LogP contribution in [0.25, 0.3) is 0 Å². The number of esters is 1. The molecule has 0 bridgehead atoms. The largest absolute Gasteiger partial charge is 0.462 e. The maximum atomic E-state index is 11.9. The van der Waals surface area contributed by atoms with Gasteiger partial charge in [0, 0.05) is 13.1 Å². The van der Waals surface area contributed by atoms with E-state index in [9.17, 15) is 4.79 Å². The van der Waals surface area contributed by atoms with Crippen LogP contribution in [-0.4, -0.2) is 48.6 Å². The van der Waals surface area contributed by atoms with Crippen molar-refractivity contribution in [1.29, 1.82) is 0 Å².